The summed E-state index contributed by atoms with van der Waals surface area (Å²) >= 11 is 0. The molecule has 2 amide bonds. The number of hydrogen-bond donors (Lipinski definition) is 2. The summed E-state index contributed by atoms with van der Waals surface area (Å²) < 4.78 is 5.19. The van der Waals surface area contributed by atoms with Crippen molar-refractivity contribution in [2.24, 2.45) is 5.92 Å². The fourth-order valence-corrected chi connectivity index (χ4v) is 3.38. The van der Waals surface area contributed by atoms with Crippen molar-refractivity contribution in [3.8, 4) is 11.3 Å². The molecular weight excluding hydrogens is 368 g/mol. The molecule has 2 heterocycles. The van der Waals surface area contributed by atoms with E-state index >= 15 is 0 Å². The van der Waals surface area contributed by atoms with Crippen molar-refractivity contribution >= 4 is 23.4 Å². The Bertz CT molecular complexity index is 1010. The second-order valence-electron chi connectivity index (χ2n) is 7.31. The maximum absolute atomic E-state index is 12.6. The zero-order valence-electron chi connectivity index (χ0n) is 16.3. The largest absolute Gasteiger partial charge is 0.447 e. The fourth-order valence-electron chi connectivity index (χ4n) is 3.38. The van der Waals surface area contributed by atoms with E-state index in [4.69, 9.17) is 4.74 Å². The van der Waals surface area contributed by atoms with E-state index < -0.39 is 0 Å². The first-order chi connectivity index (χ1) is 14.0. The quantitative estimate of drug-likeness (QED) is 0.680. The van der Waals surface area contributed by atoms with Crippen LogP contribution in [0.1, 0.15) is 24.2 Å². The number of nitrogens with one attached hydrogen (secondary N) is 2. The van der Waals surface area contributed by atoms with Crippen LogP contribution in [0.2, 0.25) is 0 Å². The highest BCUT2D eigenvalue weighted by Crippen LogP contribution is 2.27. The molecule has 1 atom stereocenters. The standard InChI is InChI=1S/C22H22N4O3/c1-14(2)20-13-29-22(28)26(20)18-8-6-15(7-9-18)21(27)24-17-5-3-4-16(12-17)19-10-11-23-25-19/h3-12,14,20H,13H2,1-2H3,(H,23,25)(H,24,27)/t20-/m1/s1. The summed E-state index contributed by atoms with van der Waals surface area (Å²) in [5, 5.41) is 9.77. The first-order valence-electron chi connectivity index (χ1n) is 9.50. The lowest BCUT2D eigenvalue weighted by molar-refractivity contribution is 0.102. The molecule has 7 nitrogen and oxygen atoms in total. The van der Waals surface area contributed by atoms with E-state index in [2.05, 4.69) is 29.4 Å². The Hall–Kier alpha value is -3.61. The van der Waals surface area contributed by atoms with E-state index in [1.165, 1.54) is 0 Å². The van der Waals surface area contributed by atoms with Crippen LogP contribution < -0.4 is 10.2 Å². The van der Waals surface area contributed by atoms with Gasteiger partial charge in [-0.3, -0.25) is 14.8 Å². The van der Waals surface area contributed by atoms with Crippen molar-refractivity contribution in [1.82, 2.24) is 10.2 Å². The number of H-pyrrole nitrogens is 1. The number of aromatic amines is 1. The van der Waals surface area contributed by atoms with Gasteiger partial charge in [-0.1, -0.05) is 26.0 Å². The summed E-state index contributed by atoms with van der Waals surface area (Å²) in [6, 6.07) is 16.4. The molecule has 1 aliphatic heterocycles. The zero-order valence-corrected chi connectivity index (χ0v) is 16.3. The summed E-state index contributed by atoms with van der Waals surface area (Å²) in [6.07, 6.45) is 1.33. The zero-order chi connectivity index (χ0) is 20.4. The van der Waals surface area contributed by atoms with Crippen LogP contribution in [0.25, 0.3) is 11.3 Å². The normalized spacial score (nSPS) is 16.2. The van der Waals surface area contributed by atoms with Gasteiger partial charge in [-0.2, -0.15) is 5.10 Å². The topological polar surface area (TPSA) is 87.3 Å². The molecule has 0 unspecified atom stereocenters. The van der Waals surface area contributed by atoms with Crippen molar-refractivity contribution in [3.63, 3.8) is 0 Å². The van der Waals surface area contributed by atoms with Gasteiger partial charge in [0.2, 0.25) is 0 Å². The summed E-state index contributed by atoms with van der Waals surface area (Å²) in [5.74, 6) is 0.0503. The minimum atomic E-state index is -0.350. The van der Waals surface area contributed by atoms with Crippen LogP contribution in [-0.4, -0.2) is 34.8 Å². The number of carbonyl (C=O) groups is 2. The number of amides is 2. The molecule has 148 valence electrons. The Labute approximate surface area is 168 Å². The highest BCUT2D eigenvalue weighted by molar-refractivity contribution is 6.05. The van der Waals surface area contributed by atoms with Gasteiger partial charge in [-0.05, 0) is 48.4 Å². The number of nitrogens with zero attached hydrogens (tertiary/aromatic N) is 2. The van der Waals surface area contributed by atoms with Gasteiger partial charge in [-0.15, -0.1) is 0 Å². The molecule has 2 N–H and O–H groups in total. The maximum Gasteiger partial charge on any atom is 0.414 e. The molecule has 3 aromatic rings. The van der Waals surface area contributed by atoms with E-state index in [1.54, 1.807) is 35.4 Å². The molecule has 0 saturated carbocycles. The second-order valence-corrected chi connectivity index (χ2v) is 7.31. The first kappa shape index (κ1) is 18.7. The summed E-state index contributed by atoms with van der Waals surface area (Å²) in [6.45, 7) is 4.49. The van der Waals surface area contributed by atoms with E-state index in [9.17, 15) is 9.59 Å². The molecular formula is C22H22N4O3. The van der Waals surface area contributed by atoms with E-state index in [1.807, 2.05) is 30.3 Å². The molecule has 1 aliphatic rings. The van der Waals surface area contributed by atoms with Crippen molar-refractivity contribution in [2.45, 2.75) is 19.9 Å². The third-order valence-corrected chi connectivity index (χ3v) is 5.02. The van der Waals surface area contributed by atoms with Crippen LogP contribution in [0.15, 0.2) is 60.8 Å². The Kier molecular flexibility index (Phi) is 5.03. The molecule has 0 aliphatic carbocycles. The van der Waals surface area contributed by atoms with Crippen molar-refractivity contribution in [1.29, 1.82) is 0 Å². The number of cyclic esters (lactones) is 1. The first-order valence-corrected chi connectivity index (χ1v) is 9.50. The summed E-state index contributed by atoms with van der Waals surface area (Å²) in [5.41, 5.74) is 3.73. The fraction of sp³-hybridized carbons (Fsp3) is 0.227. The number of hydrogen-bond acceptors (Lipinski definition) is 4. The Morgan fingerprint density at radius 2 is 2.00 bits per heavy atom. The third-order valence-electron chi connectivity index (χ3n) is 5.02. The molecule has 1 saturated heterocycles. The number of carbonyl (C=O) groups excluding carboxylic acids is 2. The van der Waals surface area contributed by atoms with Crippen LogP contribution >= 0.6 is 0 Å². The molecule has 0 radical (unpaired) electrons. The van der Waals surface area contributed by atoms with Crippen molar-refractivity contribution < 1.29 is 14.3 Å². The third kappa shape index (κ3) is 3.85. The molecule has 0 bridgehead atoms. The highest BCUT2D eigenvalue weighted by Gasteiger charge is 2.36. The van der Waals surface area contributed by atoms with Gasteiger partial charge in [0.05, 0.1) is 11.7 Å². The van der Waals surface area contributed by atoms with Gasteiger partial charge in [0.15, 0.2) is 0 Å². The number of benzene rings is 2. The minimum absolute atomic E-state index is 0.00704. The lowest BCUT2D eigenvalue weighted by Gasteiger charge is -2.24. The number of rotatable bonds is 5. The molecule has 1 aromatic heterocycles. The van der Waals surface area contributed by atoms with Gasteiger partial charge in [0.1, 0.15) is 6.61 Å². The predicted octanol–water partition coefficient (Wildman–Crippen LogP) is 4.31. The van der Waals surface area contributed by atoms with Crippen LogP contribution in [0.5, 0.6) is 0 Å². The molecule has 4 rings (SSSR count). The van der Waals surface area contributed by atoms with Crippen LogP contribution in [-0.2, 0) is 4.74 Å². The average Bonchev–Trinajstić information content (AvgIpc) is 3.38. The molecule has 29 heavy (non-hydrogen) atoms. The summed E-state index contributed by atoms with van der Waals surface area (Å²) in [4.78, 5) is 26.4. The van der Waals surface area contributed by atoms with Gasteiger partial charge in [0, 0.05) is 28.7 Å². The Balaban J connectivity index is 1.49. The van der Waals surface area contributed by atoms with E-state index in [0.717, 1.165) is 16.9 Å². The summed E-state index contributed by atoms with van der Waals surface area (Å²) in [7, 11) is 0. The molecule has 2 aromatic carbocycles. The highest BCUT2D eigenvalue weighted by atomic mass is 16.6. The van der Waals surface area contributed by atoms with E-state index in [-0.39, 0.29) is 24.0 Å². The lowest BCUT2D eigenvalue weighted by atomic mass is 10.0. The second kappa shape index (κ2) is 7.79. The van der Waals surface area contributed by atoms with Crippen molar-refractivity contribution in [2.75, 3.05) is 16.8 Å². The molecule has 7 heteroatoms. The lowest BCUT2D eigenvalue weighted by Crippen LogP contribution is -2.37. The number of anilines is 2. The average molecular weight is 390 g/mol. The molecule has 1 fully saturated rings. The minimum Gasteiger partial charge on any atom is -0.447 e. The Morgan fingerprint density at radius 3 is 2.69 bits per heavy atom. The van der Waals surface area contributed by atoms with E-state index in [0.29, 0.717) is 17.9 Å². The Morgan fingerprint density at radius 1 is 1.21 bits per heavy atom. The van der Waals surface area contributed by atoms with Gasteiger partial charge >= 0.3 is 6.09 Å². The van der Waals surface area contributed by atoms with Crippen LogP contribution in [0.3, 0.4) is 0 Å². The van der Waals surface area contributed by atoms with Crippen LogP contribution in [0.4, 0.5) is 16.2 Å². The smallest absolute Gasteiger partial charge is 0.414 e. The van der Waals surface area contributed by atoms with Gasteiger partial charge in [-0.25, -0.2) is 4.79 Å². The molecule has 0 spiro atoms. The monoisotopic (exact) mass is 390 g/mol. The van der Waals surface area contributed by atoms with Gasteiger partial charge < -0.3 is 10.1 Å². The van der Waals surface area contributed by atoms with Gasteiger partial charge in [0.25, 0.3) is 5.91 Å². The SMILES string of the molecule is CC(C)[C@H]1COC(=O)N1c1ccc(C(=O)Nc2cccc(-c3ccn[nH]3)c2)cc1. The number of aromatic nitrogens is 2. The number of ether oxygens (including phenoxy) is 1. The maximum atomic E-state index is 12.6. The van der Waals surface area contributed by atoms with Crippen LogP contribution in [0, 0.1) is 5.92 Å². The van der Waals surface area contributed by atoms with Crippen molar-refractivity contribution in [3.05, 3.63) is 66.4 Å². The predicted molar refractivity (Wildman–Crippen MR) is 111 cm³/mol.